The van der Waals surface area contributed by atoms with E-state index in [0.717, 1.165) is 11.3 Å². The SMILES string of the molecule is COC(=O)c1cc2cc(Br)c(OC)c(F)c2s1. The van der Waals surface area contributed by atoms with Crippen molar-refractivity contribution in [3.8, 4) is 5.75 Å². The molecule has 0 fully saturated rings. The second kappa shape index (κ2) is 4.62. The van der Waals surface area contributed by atoms with E-state index in [1.165, 1.54) is 14.2 Å². The molecule has 1 aromatic carbocycles. The third-order valence-corrected chi connectivity index (χ3v) is 3.96. The summed E-state index contributed by atoms with van der Waals surface area (Å²) in [5.41, 5.74) is 0. The summed E-state index contributed by atoms with van der Waals surface area (Å²) in [5.74, 6) is -0.812. The number of ether oxygens (including phenoxy) is 2. The minimum atomic E-state index is -0.475. The lowest BCUT2D eigenvalue weighted by molar-refractivity contribution is 0.0606. The van der Waals surface area contributed by atoms with Crippen molar-refractivity contribution in [1.82, 2.24) is 0 Å². The van der Waals surface area contributed by atoms with E-state index in [2.05, 4.69) is 20.7 Å². The fourth-order valence-electron chi connectivity index (χ4n) is 1.48. The molecule has 0 aliphatic carbocycles. The Hall–Kier alpha value is -1.14. The number of thiophene rings is 1. The average Bonchev–Trinajstić information content (AvgIpc) is 2.72. The van der Waals surface area contributed by atoms with Crippen LogP contribution in [0.25, 0.3) is 10.1 Å². The van der Waals surface area contributed by atoms with Gasteiger partial charge in [-0.05, 0) is 33.4 Å². The highest BCUT2D eigenvalue weighted by Crippen LogP contribution is 2.38. The Bertz CT molecular complexity index is 594. The van der Waals surface area contributed by atoms with E-state index in [1.54, 1.807) is 12.1 Å². The van der Waals surface area contributed by atoms with Gasteiger partial charge >= 0.3 is 5.97 Å². The lowest BCUT2D eigenvalue weighted by Gasteiger charge is -2.04. The first-order valence-electron chi connectivity index (χ1n) is 4.62. The lowest BCUT2D eigenvalue weighted by atomic mass is 10.2. The summed E-state index contributed by atoms with van der Waals surface area (Å²) in [6.45, 7) is 0. The Kier molecular flexibility index (Phi) is 3.35. The van der Waals surface area contributed by atoms with Gasteiger partial charge in [0.05, 0.1) is 23.4 Å². The van der Waals surface area contributed by atoms with Gasteiger partial charge in [-0.25, -0.2) is 9.18 Å². The molecule has 0 radical (unpaired) electrons. The molecular formula is C11H8BrFO3S. The van der Waals surface area contributed by atoms with Crippen molar-refractivity contribution < 1.29 is 18.7 Å². The van der Waals surface area contributed by atoms with E-state index in [-0.39, 0.29) is 5.75 Å². The summed E-state index contributed by atoms with van der Waals surface area (Å²) in [6.07, 6.45) is 0. The van der Waals surface area contributed by atoms with Crippen LogP contribution >= 0.6 is 27.3 Å². The van der Waals surface area contributed by atoms with Crippen molar-refractivity contribution in [2.75, 3.05) is 14.2 Å². The number of hydrogen-bond donors (Lipinski definition) is 0. The van der Waals surface area contributed by atoms with E-state index in [0.29, 0.717) is 19.4 Å². The van der Waals surface area contributed by atoms with Gasteiger partial charge in [0, 0.05) is 0 Å². The minimum Gasteiger partial charge on any atom is -0.492 e. The van der Waals surface area contributed by atoms with E-state index < -0.39 is 11.8 Å². The molecule has 0 unspecified atom stereocenters. The second-order valence-electron chi connectivity index (χ2n) is 3.23. The molecule has 0 aliphatic rings. The van der Waals surface area contributed by atoms with Crippen LogP contribution in [0.4, 0.5) is 4.39 Å². The van der Waals surface area contributed by atoms with Gasteiger partial charge in [-0.3, -0.25) is 0 Å². The Morgan fingerprint density at radius 3 is 2.71 bits per heavy atom. The van der Waals surface area contributed by atoms with E-state index in [9.17, 15) is 9.18 Å². The molecule has 0 aliphatic heterocycles. The van der Waals surface area contributed by atoms with Crippen LogP contribution in [0, 0.1) is 5.82 Å². The molecule has 0 saturated heterocycles. The zero-order valence-electron chi connectivity index (χ0n) is 9.04. The number of halogens is 2. The summed E-state index contributed by atoms with van der Waals surface area (Å²) in [5, 5.41) is 0.639. The number of carbonyl (C=O) groups is 1. The van der Waals surface area contributed by atoms with Gasteiger partial charge in [-0.2, -0.15) is 0 Å². The van der Waals surface area contributed by atoms with E-state index in [1.807, 2.05) is 0 Å². The van der Waals surface area contributed by atoms with Crippen LogP contribution in [0.5, 0.6) is 5.75 Å². The molecule has 6 heteroatoms. The van der Waals surface area contributed by atoms with Crippen LogP contribution in [0.15, 0.2) is 16.6 Å². The largest absolute Gasteiger partial charge is 0.492 e. The number of benzene rings is 1. The maximum absolute atomic E-state index is 14.0. The van der Waals surface area contributed by atoms with Crippen LogP contribution in [-0.4, -0.2) is 20.2 Å². The Balaban J connectivity index is 2.69. The summed E-state index contributed by atoms with van der Waals surface area (Å²) in [6, 6.07) is 3.30. The molecule has 17 heavy (non-hydrogen) atoms. The summed E-state index contributed by atoms with van der Waals surface area (Å²) < 4.78 is 24.5. The second-order valence-corrected chi connectivity index (χ2v) is 5.13. The van der Waals surface area contributed by atoms with Crippen molar-refractivity contribution in [1.29, 1.82) is 0 Å². The quantitative estimate of drug-likeness (QED) is 0.794. The first-order chi connectivity index (χ1) is 8.08. The average molecular weight is 319 g/mol. The fourth-order valence-corrected chi connectivity index (χ4v) is 3.06. The van der Waals surface area contributed by atoms with E-state index in [4.69, 9.17) is 4.74 Å². The Morgan fingerprint density at radius 2 is 2.12 bits per heavy atom. The highest BCUT2D eigenvalue weighted by Gasteiger charge is 2.18. The standard InChI is InChI=1S/C11H8BrFO3S/c1-15-9-6(12)3-5-4-7(11(14)16-2)17-10(5)8(9)13/h3-4H,1-2H3. The Morgan fingerprint density at radius 1 is 1.41 bits per heavy atom. The van der Waals surface area contributed by atoms with Crippen LogP contribution in [0.1, 0.15) is 9.67 Å². The molecule has 2 rings (SSSR count). The van der Waals surface area contributed by atoms with Gasteiger partial charge < -0.3 is 9.47 Å². The zero-order chi connectivity index (χ0) is 12.6. The molecule has 0 atom stereocenters. The highest BCUT2D eigenvalue weighted by atomic mass is 79.9. The maximum Gasteiger partial charge on any atom is 0.348 e. The number of esters is 1. The predicted molar refractivity (Wildman–Crippen MR) is 67.4 cm³/mol. The van der Waals surface area contributed by atoms with Crippen molar-refractivity contribution in [3.63, 3.8) is 0 Å². The van der Waals surface area contributed by atoms with Crippen LogP contribution < -0.4 is 4.74 Å². The summed E-state index contributed by atoms with van der Waals surface area (Å²) >= 11 is 4.26. The van der Waals surface area contributed by atoms with Gasteiger partial charge in [0.15, 0.2) is 11.6 Å². The van der Waals surface area contributed by atoms with Crippen molar-refractivity contribution in [3.05, 3.63) is 27.3 Å². The maximum atomic E-state index is 14.0. The van der Waals surface area contributed by atoms with Crippen LogP contribution in [0.3, 0.4) is 0 Å². The third kappa shape index (κ3) is 2.02. The number of carbonyl (C=O) groups excluding carboxylic acids is 1. The Labute approximate surface area is 109 Å². The first-order valence-corrected chi connectivity index (χ1v) is 6.23. The topological polar surface area (TPSA) is 35.5 Å². The number of hydrogen-bond acceptors (Lipinski definition) is 4. The van der Waals surface area contributed by atoms with Gasteiger partial charge in [0.1, 0.15) is 4.88 Å². The van der Waals surface area contributed by atoms with E-state index >= 15 is 0 Å². The van der Waals surface area contributed by atoms with Crippen molar-refractivity contribution in [2.45, 2.75) is 0 Å². The van der Waals surface area contributed by atoms with Crippen molar-refractivity contribution >= 4 is 43.3 Å². The van der Waals surface area contributed by atoms with Gasteiger partial charge in [-0.1, -0.05) is 0 Å². The third-order valence-electron chi connectivity index (χ3n) is 2.25. The monoisotopic (exact) mass is 318 g/mol. The first kappa shape index (κ1) is 12.3. The van der Waals surface area contributed by atoms with Crippen molar-refractivity contribution in [2.24, 2.45) is 0 Å². The summed E-state index contributed by atoms with van der Waals surface area (Å²) in [7, 11) is 2.68. The molecule has 2 aromatic rings. The molecule has 0 spiro atoms. The predicted octanol–water partition coefficient (Wildman–Crippen LogP) is 3.60. The van der Waals surface area contributed by atoms with Gasteiger partial charge in [-0.15, -0.1) is 11.3 Å². The van der Waals surface area contributed by atoms with Gasteiger partial charge in [0.25, 0.3) is 0 Å². The molecule has 1 heterocycles. The number of rotatable bonds is 2. The fraction of sp³-hybridized carbons (Fsp3) is 0.182. The zero-order valence-corrected chi connectivity index (χ0v) is 11.4. The lowest BCUT2D eigenvalue weighted by Crippen LogP contribution is -1.96. The molecule has 90 valence electrons. The molecule has 1 aromatic heterocycles. The smallest absolute Gasteiger partial charge is 0.348 e. The molecule has 0 bridgehead atoms. The number of methoxy groups -OCH3 is 2. The molecular weight excluding hydrogens is 311 g/mol. The normalized spacial score (nSPS) is 10.6. The molecule has 0 amide bonds. The highest BCUT2D eigenvalue weighted by molar-refractivity contribution is 9.10. The summed E-state index contributed by atoms with van der Waals surface area (Å²) in [4.78, 5) is 11.7. The molecule has 0 saturated carbocycles. The number of fused-ring (bicyclic) bond motifs is 1. The minimum absolute atomic E-state index is 0.135. The molecule has 3 nitrogen and oxygen atoms in total. The van der Waals surface area contributed by atoms with Crippen LogP contribution in [0.2, 0.25) is 0 Å². The molecule has 0 N–H and O–H groups in total. The van der Waals surface area contributed by atoms with Gasteiger partial charge in [0.2, 0.25) is 0 Å². The van der Waals surface area contributed by atoms with Crippen LogP contribution in [-0.2, 0) is 4.74 Å².